The lowest BCUT2D eigenvalue weighted by Gasteiger charge is -2.20. The summed E-state index contributed by atoms with van der Waals surface area (Å²) < 4.78 is 14.7. The van der Waals surface area contributed by atoms with Crippen LogP contribution in [0, 0.1) is 5.82 Å². The van der Waals surface area contributed by atoms with Gasteiger partial charge in [-0.15, -0.1) is 0 Å². The van der Waals surface area contributed by atoms with Crippen molar-refractivity contribution in [3.8, 4) is 11.3 Å². The Bertz CT molecular complexity index is 1110. The molecule has 1 fully saturated rings. The van der Waals surface area contributed by atoms with Gasteiger partial charge < -0.3 is 11.1 Å². The van der Waals surface area contributed by atoms with E-state index in [4.69, 9.17) is 5.73 Å². The number of nitrogens with zero attached hydrogens (tertiary/aromatic N) is 2. The van der Waals surface area contributed by atoms with Gasteiger partial charge in [-0.3, -0.25) is 14.6 Å². The van der Waals surface area contributed by atoms with Crippen LogP contribution < -0.4 is 11.1 Å². The van der Waals surface area contributed by atoms with Crippen LogP contribution in [0.25, 0.3) is 11.3 Å². The van der Waals surface area contributed by atoms with Crippen molar-refractivity contribution in [2.24, 2.45) is 0 Å². The zero-order valence-corrected chi connectivity index (χ0v) is 17.0. The molecule has 6 nitrogen and oxygen atoms in total. The SMILES string of the molecule is Nc1nc(C2CCC(=O)CC2)cnc1-c1ccc(C(=O)NCc2ccccc2)c(F)c1. The van der Waals surface area contributed by atoms with E-state index in [-0.39, 0.29) is 23.1 Å². The van der Waals surface area contributed by atoms with Crippen molar-refractivity contribution in [3.63, 3.8) is 0 Å². The largest absolute Gasteiger partial charge is 0.382 e. The van der Waals surface area contributed by atoms with E-state index in [1.807, 2.05) is 30.3 Å². The third-order valence-electron chi connectivity index (χ3n) is 5.56. The van der Waals surface area contributed by atoms with Crippen molar-refractivity contribution < 1.29 is 14.0 Å². The molecule has 1 aliphatic rings. The summed E-state index contributed by atoms with van der Waals surface area (Å²) in [4.78, 5) is 32.7. The molecule has 7 heteroatoms. The van der Waals surface area contributed by atoms with Gasteiger partial charge in [0.1, 0.15) is 23.1 Å². The topological polar surface area (TPSA) is 98.0 Å². The maximum Gasteiger partial charge on any atom is 0.254 e. The summed E-state index contributed by atoms with van der Waals surface area (Å²) in [5, 5.41) is 2.72. The number of carbonyl (C=O) groups is 2. The van der Waals surface area contributed by atoms with Crippen molar-refractivity contribution in [2.75, 3.05) is 5.73 Å². The lowest BCUT2D eigenvalue weighted by molar-refractivity contribution is -0.120. The molecule has 0 radical (unpaired) electrons. The third kappa shape index (κ3) is 4.77. The lowest BCUT2D eigenvalue weighted by atomic mass is 9.86. The summed E-state index contributed by atoms with van der Waals surface area (Å²) in [5.74, 6) is -0.505. The molecule has 3 N–H and O–H groups in total. The van der Waals surface area contributed by atoms with E-state index < -0.39 is 11.7 Å². The van der Waals surface area contributed by atoms with Gasteiger partial charge >= 0.3 is 0 Å². The minimum Gasteiger partial charge on any atom is -0.382 e. The Balaban J connectivity index is 1.48. The van der Waals surface area contributed by atoms with Crippen LogP contribution in [0.1, 0.15) is 53.2 Å². The molecule has 1 amide bonds. The number of ketones is 1. The van der Waals surface area contributed by atoms with Crippen LogP contribution in [0.15, 0.2) is 54.7 Å². The van der Waals surface area contributed by atoms with Crippen molar-refractivity contribution in [1.29, 1.82) is 0 Å². The summed E-state index contributed by atoms with van der Waals surface area (Å²) in [7, 11) is 0. The maximum atomic E-state index is 14.7. The fourth-order valence-corrected chi connectivity index (χ4v) is 3.79. The number of Topliss-reactive ketones (excluding diaryl/α,β-unsaturated/α-hetero) is 1. The fraction of sp³-hybridized carbons (Fsp3) is 0.250. The normalized spacial score (nSPS) is 14.4. The summed E-state index contributed by atoms with van der Waals surface area (Å²) in [6.45, 7) is 0.313. The highest BCUT2D eigenvalue weighted by atomic mass is 19.1. The number of hydrogen-bond acceptors (Lipinski definition) is 5. The fourth-order valence-electron chi connectivity index (χ4n) is 3.79. The van der Waals surface area contributed by atoms with Gasteiger partial charge in [-0.25, -0.2) is 9.37 Å². The summed E-state index contributed by atoms with van der Waals surface area (Å²) >= 11 is 0. The monoisotopic (exact) mass is 418 g/mol. The molecule has 1 aromatic heterocycles. The van der Waals surface area contributed by atoms with Gasteiger partial charge in [-0.1, -0.05) is 36.4 Å². The number of nitrogen functional groups attached to an aromatic ring is 1. The second-order valence-corrected chi connectivity index (χ2v) is 7.70. The van der Waals surface area contributed by atoms with Crippen molar-refractivity contribution >= 4 is 17.5 Å². The Kier molecular flexibility index (Phi) is 6.02. The first-order valence-electron chi connectivity index (χ1n) is 10.3. The first kappa shape index (κ1) is 20.7. The molecule has 1 aliphatic carbocycles. The molecule has 0 saturated heterocycles. The van der Waals surface area contributed by atoms with Crippen molar-refractivity contribution in [3.05, 3.63) is 77.4 Å². The Hall–Kier alpha value is -3.61. The van der Waals surface area contributed by atoms with E-state index in [0.717, 1.165) is 24.1 Å². The summed E-state index contributed by atoms with van der Waals surface area (Å²) in [6, 6.07) is 13.7. The highest BCUT2D eigenvalue weighted by molar-refractivity contribution is 5.95. The zero-order chi connectivity index (χ0) is 21.8. The van der Waals surface area contributed by atoms with Crippen LogP contribution >= 0.6 is 0 Å². The minimum atomic E-state index is -0.654. The van der Waals surface area contributed by atoms with Gasteiger partial charge in [0.25, 0.3) is 5.91 Å². The summed E-state index contributed by atoms with van der Waals surface area (Å²) in [6.07, 6.45) is 4.23. The molecule has 0 bridgehead atoms. The van der Waals surface area contributed by atoms with E-state index in [1.165, 1.54) is 12.1 Å². The first-order chi connectivity index (χ1) is 15.0. The molecular formula is C24H23FN4O2. The Labute approximate surface area is 179 Å². The molecule has 0 aliphatic heterocycles. The van der Waals surface area contributed by atoms with E-state index in [2.05, 4.69) is 15.3 Å². The number of aromatic nitrogens is 2. The van der Waals surface area contributed by atoms with E-state index in [1.54, 1.807) is 12.3 Å². The van der Waals surface area contributed by atoms with Crippen LogP contribution in [0.2, 0.25) is 0 Å². The Morgan fingerprint density at radius 3 is 2.55 bits per heavy atom. The van der Waals surface area contributed by atoms with Crippen molar-refractivity contribution in [2.45, 2.75) is 38.1 Å². The Morgan fingerprint density at radius 1 is 1.13 bits per heavy atom. The van der Waals surface area contributed by atoms with E-state index >= 15 is 0 Å². The van der Waals surface area contributed by atoms with E-state index in [0.29, 0.717) is 30.6 Å². The van der Waals surface area contributed by atoms with E-state index in [9.17, 15) is 14.0 Å². The van der Waals surface area contributed by atoms with Crippen LogP contribution in [0.4, 0.5) is 10.2 Å². The number of nitrogens with one attached hydrogen (secondary N) is 1. The quantitative estimate of drug-likeness (QED) is 0.652. The molecule has 0 atom stereocenters. The number of amides is 1. The standard InChI is InChI=1S/C24H23FN4O2/c25-20-12-17(8-11-19(20)24(31)28-13-15-4-2-1-3-5-15)22-23(26)29-21(14-27-22)16-6-9-18(30)10-7-16/h1-5,8,11-12,14,16H,6-7,9-10,13H2,(H2,26,29)(H,28,31). The molecule has 0 spiro atoms. The molecule has 1 saturated carbocycles. The predicted molar refractivity (Wildman–Crippen MR) is 116 cm³/mol. The van der Waals surface area contributed by atoms with Gasteiger partial charge in [-0.2, -0.15) is 0 Å². The summed E-state index contributed by atoms with van der Waals surface area (Å²) in [5.41, 5.74) is 8.56. The molecule has 0 unspecified atom stereocenters. The van der Waals surface area contributed by atoms with Gasteiger partial charge in [0.15, 0.2) is 0 Å². The van der Waals surface area contributed by atoms with Crippen LogP contribution in [0.5, 0.6) is 0 Å². The average Bonchev–Trinajstić information content (AvgIpc) is 2.78. The number of halogens is 1. The molecule has 2 aromatic carbocycles. The van der Waals surface area contributed by atoms with Crippen LogP contribution in [0.3, 0.4) is 0 Å². The number of carbonyl (C=O) groups excluding carboxylic acids is 2. The van der Waals surface area contributed by atoms with Crippen LogP contribution in [-0.2, 0) is 11.3 Å². The predicted octanol–water partition coefficient (Wildman–Crippen LogP) is 4.02. The average molecular weight is 418 g/mol. The number of benzene rings is 2. The lowest BCUT2D eigenvalue weighted by Crippen LogP contribution is -2.23. The zero-order valence-electron chi connectivity index (χ0n) is 17.0. The molecule has 3 aromatic rings. The molecule has 1 heterocycles. The number of hydrogen-bond donors (Lipinski definition) is 2. The number of anilines is 1. The number of nitrogens with two attached hydrogens (primary N) is 1. The third-order valence-corrected chi connectivity index (χ3v) is 5.56. The number of rotatable bonds is 5. The minimum absolute atomic E-state index is 0.0466. The molecule has 31 heavy (non-hydrogen) atoms. The Morgan fingerprint density at radius 2 is 1.87 bits per heavy atom. The second-order valence-electron chi connectivity index (χ2n) is 7.70. The highest BCUT2D eigenvalue weighted by Crippen LogP contribution is 2.32. The molecular weight excluding hydrogens is 395 g/mol. The van der Waals surface area contributed by atoms with Gasteiger partial charge in [0.2, 0.25) is 0 Å². The van der Waals surface area contributed by atoms with Crippen molar-refractivity contribution in [1.82, 2.24) is 15.3 Å². The second kappa shape index (κ2) is 9.04. The van der Waals surface area contributed by atoms with Gasteiger partial charge in [0.05, 0.1) is 11.3 Å². The first-order valence-corrected chi connectivity index (χ1v) is 10.3. The van der Waals surface area contributed by atoms with Crippen LogP contribution in [-0.4, -0.2) is 21.7 Å². The maximum absolute atomic E-state index is 14.7. The highest BCUT2D eigenvalue weighted by Gasteiger charge is 2.23. The van der Waals surface area contributed by atoms with Gasteiger partial charge in [-0.05, 0) is 30.5 Å². The van der Waals surface area contributed by atoms with Gasteiger partial charge in [0, 0.05) is 37.1 Å². The molecule has 158 valence electrons. The smallest absolute Gasteiger partial charge is 0.254 e. The molecule has 4 rings (SSSR count).